The van der Waals surface area contributed by atoms with E-state index in [2.05, 4.69) is 10.1 Å². The third kappa shape index (κ3) is 4.72. The third-order valence-corrected chi connectivity index (χ3v) is 2.01. The lowest BCUT2D eigenvalue weighted by molar-refractivity contribution is -0.388. The Balaban J connectivity index is 3.11. The first-order chi connectivity index (χ1) is 9.76. The largest absolute Gasteiger partial charge is 0.573 e. The maximum atomic E-state index is 12.1. The van der Waals surface area contributed by atoms with Crippen LogP contribution in [-0.4, -0.2) is 11.3 Å². The summed E-state index contributed by atoms with van der Waals surface area (Å²) in [6, 6.07) is 5.66. The molecule has 0 atom stereocenters. The molecule has 0 radical (unpaired) electrons. The third-order valence-electron chi connectivity index (χ3n) is 2.01. The minimum Gasteiger partial charge on any atom is -0.398 e. The zero-order valence-electron chi connectivity index (χ0n) is 10.0. The smallest absolute Gasteiger partial charge is 0.398 e. The first kappa shape index (κ1) is 15.8. The maximum absolute atomic E-state index is 12.1. The van der Waals surface area contributed by atoms with Crippen molar-refractivity contribution in [3.8, 4) is 17.9 Å². The first-order valence-electron chi connectivity index (χ1n) is 5.08. The summed E-state index contributed by atoms with van der Waals surface area (Å²) in [6.45, 7) is 0. The summed E-state index contributed by atoms with van der Waals surface area (Å²) >= 11 is 0. The van der Waals surface area contributed by atoms with Gasteiger partial charge in [-0.1, -0.05) is 0 Å². The molecule has 21 heavy (non-hydrogen) atoms. The quantitative estimate of drug-likeness (QED) is 0.519. The zero-order valence-corrected chi connectivity index (χ0v) is 10.0. The lowest BCUT2D eigenvalue weighted by atomic mass is 10.2. The average Bonchev–Trinajstić information content (AvgIpc) is 2.39. The van der Waals surface area contributed by atoms with Crippen LogP contribution in [0.25, 0.3) is 0 Å². The SMILES string of the molecule is N#CC(C#N)=CNc1ccc(OC(F)(F)F)c([N+](=O)[O-])c1. The van der Waals surface area contributed by atoms with E-state index in [0.29, 0.717) is 0 Å². The van der Waals surface area contributed by atoms with E-state index in [4.69, 9.17) is 10.5 Å². The van der Waals surface area contributed by atoms with Crippen LogP contribution in [0, 0.1) is 32.8 Å². The van der Waals surface area contributed by atoms with Crippen LogP contribution in [0.15, 0.2) is 30.0 Å². The number of nitro benzene ring substituents is 1. The van der Waals surface area contributed by atoms with Crippen LogP contribution < -0.4 is 10.1 Å². The van der Waals surface area contributed by atoms with Gasteiger partial charge in [0.25, 0.3) is 0 Å². The number of nitriles is 2. The van der Waals surface area contributed by atoms with E-state index < -0.39 is 22.7 Å². The summed E-state index contributed by atoms with van der Waals surface area (Å²) in [5.41, 5.74) is -1.21. The number of nitro groups is 1. The van der Waals surface area contributed by atoms with Gasteiger partial charge in [-0.3, -0.25) is 10.1 Å². The molecule has 0 saturated heterocycles. The van der Waals surface area contributed by atoms with Crippen LogP contribution in [0.5, 0.6) is 5.75 Å². The molecule has 0 aromatic heterocycles. The number of hydrogen-bond acceptors (Lipinski definition) is 6. The Morgan fingerprint density at radius 2 is 2.00 bits per heavy atom. The zero-order chi connectivity index (χ0) is 16.0. The van der Waals surface area contributed by atoms with Gasteiger partial charge in [0.2, 0.25) is 5.75 Å². The predicted molar refractivity (Wildman–Crippen MR) is 62.7 cm³/mol. The minimum atomic E-state index is -5.06. The number of allylic oxidation sites excluding steroid dienone is 1. The molecule has 0 spiro atoms. The van der Waals surface area contributed by atoms with Gasteiger partial charge < -0.3 is 10.1 Å². The van der Waals surface area contributed by atoms with E-state index in [9.17, 15) is 23.3 Å². The number of rotatable bonds is 4. The van der Waals surface area contributed by atoms with Crippen molar-refractivity contribution >= 4 is 11.4 Å². The number of benzene rings is 1. The normalized spacial score (nSPS) is 9.95. The highest BCUT2D eigenvalue weighted by Crippen LogP contribution is 2.34. The van der Waals surface area contributed by atoms with Gasteiger partial charge in [0, 0.05) is 18.0 Å². The van der Waals surface area contributed by atoms with Crippen LogP contribution in [0.3, 0.4) is 0 Å². The first-order valence-corrected chi connectivity index (χ1v) is 5.08. The van der Waals surface area contributed by atoms with Crippen LogP contribution in [0.2, 0.25) is 0 Å². The van der Waals surface area contributed by atoms with Gasteiger partial charge in [0.15, 0.2) is 0 Å². The molecule has 0 saturated carbocycles. The highest BCUT2D eigenvalue weighted by atomic mass is 19.4. The number of hydrogen-bond donors (Lipinski definition) is 1. The summed E-state index contributed by atoms with van der Waals surface area (Å²) in [5.74, 6) is -0.970. The van der Waals surface area contributed by atoms with Crippen molar-refractivity contribution in [1.29, 1.82) is 10.5 Å². The number of anilines is 1. The number of nitrogens with one attached hydrogen (secondary N) is 1. The fourth-order valence-corrected chi connectivity index (χ4v) is 1.21. The number of nitrogens with zero attached hydrogens (tertiary/aromatic N) is 3. The van der Waals surface area contributed by atoms with Crippen molar-refractivity contribution in [1.82, 2.24) is 0 Å². The van der Waals surface area contributed by atoms with Gasteiger partial charge in [0.05, 0.1) is 4.92 Å². The molecule has 0 fully saturated rings. The van der Waals surface area contributed by atoms with Crippen molar-refractivity contribution < 1.29 is 22.8 Å². The summed E-state index contributed by atoms with van der Waals surface area (Å²) < 4.78 is 39.8. The molecular weight excluding hydrogens is 293 g/mol. The highest BCUT2D eigenvalue weighted by molar-refractivity contribution is 5.60. The Labute approximate surface area is 115 Å². The Kier molecular flexibility index (Phi) is 4.70. The average molecular weight is 298 g/mol. The van der Waals surface area contributed by atoms with E-state index in [1.54, 1.807) is 0 Å². The van der Waals surface area contributed by atoms with E-state index in [1.165, 1.54) is 12.1 Å². The molecule has 10 heteroatoms. The maximum Gasteiger partial charge on any atom is 0.573 e. The van der Waals surface area contributed by atoms with Gasteiger partial charge >= 0.3 is 12.0 Å². The van der Waals surface area contributed by atoms with Crippen LogP contribution in [-0.2, 0) is 0 Å². The van der Waals surface area contributed by atoms with Gasteiger partial charge in [-0.25, -0.2) is 0 Å². The molecule has 0 aliphatic rings. The van der Waals surface area contributed by atoms with Crippen molar-refractivity contribution in [2.45, 2.75) is 6.36 Å². The molecule has 1 aromatic rings. The molecule has 1 rings (SSSR count). The van der Waals surface area contributed by atoms with Crippen molar-refractivity contribution in [3.63, 3.8) is 0 Å². The predicted octanol–water partition coefficient (Wildman–Crippen LogP) is 2.84. The van der Waals surface area contributed by atoms with E-state index in [0.717, 1.165) is 24.4 Å². The molecule has 0 aliphatic heterocycles. The fourth-order valence-electron chi connectivity index (χ4n) is 1.21. The molecule has 7 nitrogen and oxygen atoms in total. The fraction of sp³-hybridized carbons (Fsp3) is 0.0909. The van der Waals surface area contributed by atoms with Gasteiger partial charge in [-0.15, -0.1) is 13.2 Å². The van der Waals surface area contributed by atoms with Crippen LogP contribution in [0.4, 0.5) is 24.5 Å². The minimum absolute atomic E-state index is 0.0132. The molecule has 0 aliphatic carbocycles. The van der Waals surface area contributed by atoms with E-state index in [-0.39, 0.29) is 11.3 Å². The summed E-state index contributed by atoms with van der Waals surface area (Å²) in [6.07, 6.45) is -4.10. The van der Waals surface area contributed by atoms with Crippen molar-refractivity contribution in [3.05, 3.63) is 40.1 Å². The lowest BCUT2D eigenvalue weighted by Gasteiger charge is -2.10. The Morgan fingerprint density at radius 3 is 2.48 bits per heavy atom. The molecule has 0 bridgehead atoms. The van der Waals surface area contributed by atoms with Gasteiger partial charge in [0.1, 0.15) is 17.7 Å². The Bertz CT molecular complexity index is 655. The highest BCUT2D eigenvalue weighted by Gasteiger charge is 2.34. The molecule has 0 amide bonds. The molecule has 0 unspecified atom stereocenters. The second-order valence-corrected chi connectivity index (χ2v) is 3.41. The Morgan fingerprint density at radius 1 is 1.38 bits per heavy atom. The number of ether oxygens (including phenoxy) is 1. The topological polar surface area (TPSA) is 112 Å². The van der Waals surface area contributed by atoms with Gasteiger partial charge in [-0.05, 0) is 12.1 Å². The van der Waals surface area contributed by atoms with Crippen molar-refractivity contribution in [2.24, 2.45) is 0 Å². The summed E-state index contributed by atoms with van der Waals surface area (Å²) in [5, 5.41) is 30.1. The number of halogens is 3. The van der Waals surface area contributed by atoms with Crippen LogP contribution in [0.1, 0.15) is 0 Å². The monoisotopic (exact) mass is 298 g/mol. The Hall–Kier alpha value is -3.27. The van der Waals surface area contributed by atoms with E-state index in [1.807, 2.05) is 0 Å². The van der Waals surface area contributed by atoms with Crippen molar-refractivity contribution in [2.75, 3.05) is 5.32 Å². The lowest BCUT2D eigenvalue weighted by Crippen LogP contribution is -2.18. The molecule has 0 heterocycles. The molecule has 1 N–H and O–H groups in total. The molecule has 1 aromatic carbocycles. The molecule has 108 valence electrons. The molecular formula is C11H5F3N4O3. The summed E-state index contributed by atoms with van der Waals surface area (Å²) in [7, 11) is 0. The summed E-state index contributed by atoms with van der Waals surface area (Å²) in [4.78, 5) is 9.67. The second kappa shape index (κ2) is 6.25. The van der Waals surface area contributed by atoms with E-state index >= 15 is 0 Å². The van der Waals surface area contributed by atoms with Crippen LogP contribution >= 0.6 is 0 Å². The standard InChI is InChI=1S/C11H5F3N4O3/c12-11(13,14)21-10-2-1-8(3-9(10)18(19)20)17-6-7(4-15)5-16/h1-3,6,17H. The van der Waals surface area contributed by atoms with Gasteiger partial charge in [-0.2, -0.15) is 10.5 Å². The second-order valence-electron chi connectivity index (χ2n) is 3.41. The number of alkyl halides is 3.